The number of pyridine rings is 1. The first kappa shape index (κ1) is 12.6. The quantitative estimate of drug-likeness (QED) is 0.879. The van der Waals surface area contributed by atoms with E-state index in [1.165, 1.54) is 0 Å². The highest BCUT2D eigenvalue weighted by Gasteiger charge is 2.07. The Bertz CT molecular complexity index is 502. The van der Waals surface area contributed by atoms with Gasteiger partial charge < -0.3 is 5.32 Å². The largest absolute Gasteiger partial charge is 0.382 e. The molecule has 0 aliphatic carbocycles. The number of aromatic nitrogens is 3. The Morgan fingerprint density at radius 3 is 2.78 bits per heavy atom. The van der Waals surface area contributed by atoms with Gasteiger partial charge in [-0.3, -0.25) is 4.57 Å². The van der Waals surface area contributed by atoms with Crippen LogP contribution in [0.25, 0.3) is 5.82 Å². The van der Waals surface area contributed by atoms with Gasteiger partial charge in [-0.25, -0.2) is 9.97 Å². The molecule has 0 fully saturated rings. The van der Waals surface area contributed by atoms with Gasteiger partial charge in [0.05, 0.1) is 5.69 Å². The number of hydrogen-bond donors (Lipinski definition) is 1. The van der Waals surface area contributed by atoms with Gasteiger partial charge in [-0.15, -0.1) is 0 Å². The normalized spacial score (nSPS) is 10.9. The second-order valence-corrected chi connectivity index (χ2v) is 4.83. The number of nitrogens with one attached hydrogen (secondary N) is 1. The van der Waals surface area contributed by atoms with Crippen LogP contribution >= 0.6 is 0 Å². The summed E-state index contributed by atoms with van der Waals surface area (Å²) in [5.74, 6) is 2.56. The molecule has 18 heavy (non-hydrogen) atoms. The summed E-state index contributed by atoms with van der Waals surface area (Å²) in [5.41, 5.74) is 1.05. The predicted molar refractivity (Wildman–Crippen MR) is 74.0 cm³/mol. The lowest BCUT2D eigenvalue weighted by Gasteiger charge is -2.13. The molecule has 2 aromatic heterocycles. The zero-order chi connectivity index (χ0) is 13.0. The molecule has 0 aromatic carbocycles. The first-order valence-corrected chi connectivity index (χ1v) is 6.37. The van der Waals surface area contributed by atoms with E-state index in [9.17, 15) is 0 Å². The average Bonchev–Trinajstić information content (AvgIpc) is 2.76. The smallest absolute Gasteiger partial charge is 0.161 e. The van der Waals surface area contributed by atoms with E-state index in [0.717, 1.165) is 30.3 Å². The van der Waals surface area contributed by atoms with Gasteiger partial charge in [-0.2, -0.15) is 0 Å². The average molecular weight is 244 g/mol. The standard InChI is InChI=1S/C14H20N4/c1-11(2)6-8-16-13-5-4-7-17-14(13)18-10-9-15-12(18)3/h4-5,7,9-11,16H,6,8H2,1-3H3. The molecule has 0 radical (unpaired) electrons. The Kier molecular flexibility index (Phi) is 3.97. The Hall–Kier alpha value is -1.84. The topological polar surface area (TPSA) is 42.7 Å². The fraction of sp³-hybridized carbons (Fsp3) is 0.429. The fourth-order valence-corrected chi connectivity index (χ4v) is 1.82. The molecule has 0 spiro atoms. The van der Waals surface area contributed by atoms with Crippen molar-refractivity contribution in [2.75, 3.05) is 11.9 Å². The third-order valence-electron chi connectivity index (χ3n) is 2.88. The van der Waals surface area contributed by atoms with Crippen molar-refractivity contribution in [1.29, 1.82) is 0 Å². The van der Waals surface area contributed by atoms with Gasteiger partial charge in [-0.1, -0.05) is 13.8 Å². The van der Waals surface area contributed by atoms with Crippen molar-refractivity contribution < 1.29 is 0 Å². The van der Waals surface area contributed by atoms with Crippen molar-refractivity contribution in [3.05, 3.63) is 36.5 Å². The maximum atomic E-state index is 4.44. The minimum atomic E-state index is 0.701. The van der Waals surface area contributed by atoms with E-state index in [2.05, 4.69) is 35.2 Å². The highest BCUT2D eigenvalue weighted by molar-refractivity contribution is 5.56. The number of hydrogen-bond acceptors (Lipinski definition) is 3. The Morgan fingerprint density at radius 1 is 1.28 bits per heavy atom. The van der Waals surface area contributed by atoms with E-state index in [-0.39, 0.29) is 0 Å². The summed E-state index contributed by atoms with van der Waals surface area (Å²) in [7, 11) is 0. The fourth-order valence-electron chi connectivity index (χ4n) is 1.82. The van der Waals surface area contributed by atoms with Crippen molar-refractivity contribution in [3.63, 3.8) is 0 Å². The van der Waals surface area contributed by atoms with Gasteiger partial charge in [-0.05, 0) is 31.4 Å². The molecule has 0 saturated carbocycles. The first-order chi connectivity index (χ1) is 8.68. The van der Waals surface area contributed by atoms with E-state index in [0.29, 0.717) is 5.92 Å². The summed E-state index contributed by atoms with van der Waals surface area (Å²) in [6.45, 7) is 7.40. The minimum absolute atomic E-state index is 0.701. The van der Waals surface area contributed by atoms with Crippen molar-refractivity contribution in [3.8, 4) is 5.82 Å². The number of anilines is 1. The van der Waals surface area contributed by atoms with Crippen LogP contribution in [0.3, 0.4) is 0 Å². The highest BCUT2D eigenvalue weighted by Crippen LogP contribution is 2.18. The number of aryl methyl sites for hydroxylation is 1. The molecule has 4 heteroatoms. The van der Waals surface area contributed by atoms with Crippen LogP contribution in [-0.4, -0.2) is 21.1 Å². The first-order valence-electron chi connectivity index (χ1n) is 6.37. The van der Waals surface area contributed by atoms with E-state index in [1.54, 1.807) is 6.20 Å². The molecule has 4 nitrogen and oxygen atoms in total. The maximum Gasteiger partial charge on any atom is 0.161 e. The van der Waals surface area contributed by atoms with E-state index in [4.69, 9.17) is 0 Å². The van der Waals surface area contributed by atoms with Gasteiger partial charge in [0.2, 0.25) is 0 Å². The molecular formula is C14H20N4. The molecule has 2 heterocycles. The van der Waals surface area contributed by atoms with Crippen molar-refractivity contribution >= 4 is 5.69 Å². The molecule has 0 saturated heterocycles. The SMILES string of the molecule is Cc1nccn1-c1ncccc1NCCC(C)C. The van der Waals surface area contributed by atoms with Crippen LogP contribution in [0, 0.1) is 12.8 Å². The van der Waals surface area contributed by atoms with E-state index < -0.39 is 0 Å². The van der Waals surface area contributed by atoms with Crippen LogP contribution in [0.5, 0.6) is 0 Å². The molecule has 0 aliphatic heterocycles. The highest BCUT2D eigenvalue weighted by atomic mass is 15.1. The van der Waals surface area contributed by atoms with Crippen LogP contribution < -0.4 is 5.32 Å². The number of nitrogens with zero attached hydrogens (tertiary/aromatic N) is 3. The van der Waals surface area contributed by atoms with Gasteiger partial charge in [0, 0.05) is 25.1 Å². The van der Waals surface area contributed by atoms with Crippen LogP contribution in [0.15, 0.2) is 30.7 Å². The molecule has 2 aromatic rings. The summed E-state index contributed by atoms with van der Waals surface area (Å²) in [6.07, 6.45) is 6.69. The maximum absolute atomic E-state index is 4.44. The van der Waals surface area contributed by atoms with E-state index in [1.807, 2.05) is 30.0 Å². The number of imidazole rings is 1. The second kappa shape index (κ2) is 5.67. The molecular weight excluding hydrogens is 224 g/mol. The van der Waals surface area contributed by atoms with Crippen LogP contribution in [-0.2, 0) is 0 Å². The van der Waals surface area contributed by atoms with Crippen molar-refractivity contribution in [2.45, 2.75) is 27.2 Å². The Labute approximate surface area is 108 Å². The monoisotopic (exact) mass is 244 g/mol. The third-order valence-corrected chi connectivity index (χ3v) is 2.88. The zero-order valence-electron chi connectivity index (χ0n) is 11.2. The summed E-state index contributed by atoms with van der Waals surface area (Å²) in [5, 5.41) is 3.45. The Morgan fingerprint density at radius 2 is 2.11 bits per heavy atom. The van der Waals surface area contributed by atoms with E-state index >= 15 is 0 Å². The van der Waals surface area contributed by atoms with Crippen molar-refractivity contribution in [2.24, 2.45) is 5.92 Å². The Balaban J connectivity index is 2.18. The lowest BCUT2D eigenvalue weighted by Crippen LogP contribution is -2.09. The van der Waals surface area contributed by atoms with Gasteiger partial charge in [0.25, 0.3) is 0 Å². The molecule has 96 valence electrons. The molecule has 0 unspecified atom stereocenters. The van der Waals surface area contributed by atoms with Gasteiger partial charge >= 0.3 is 0 Å². The van der Waals surface area contributed by atoms with Crippen LogP contribution in [0.4, 0.5) is 5.69 Å². The summed E-state index contributed by atoms with van der Waals surface area (Å²) in [6, 6.07) is 4.01. The molecule has 1 N–H and O–H groups in total. The van der Waals surface area contributed by atoms with Crippen LogP contribution in [0.2, 0.25) is 0 Å². The molecule has 0 aliphatic rings. The van der Waals surface area contributed by atoms with Gasteiger partial charge in [0.15, 0.2) is 5.82 Å². The summed E-state index contributed by atoms with van der Waals surface area (Å²) >= 11 is 0. The zero-order valence-corrected chi connectivity index (χ0v) is 11.2. The number of rotatable bonds is 5. The molecule has 0 amide bonds. The second-order valence-electron chi connectivity index (χ2n) is 4.83. The molecule has 0 atom stereocenters. The molecule has 2 rings (SSSR count). The third kappa shape index (κ3) is 2.88. The van der Waals surface area contributed by atoms with Crippen LogP contribution in [0.1, 0.15) is 26.1 Å². The lowest BCUT2D eigenvalue weighted by atomic mass is 10.1. The minimum Gasteiger partial charge on any atom is -0.382 e. The summed E-state index contributed by atoms with van der Waals surface area (Å²) in [4.78, 5) is 8.68. The molecule has 0 bridgehead atoms. The predicted octanol–water partition coefficient (Wildman–Crippen LogP) is 3.03. The van der Waals surface area contributed by atoms with Gasteiger partial charge in [0.1, 0.15) is 5.82 Å². The lowest BCUT2D eigenvalue weighted by molar-refractivity contribution is 0.607. The summed E-state index contributed by atoms with van der Waals surface area (Å²) < 4.78 is 2.00. The van der Waals surface area contributed by atoms with Crippen molar-refractivity contribution in [1.82, 2.24) is 14.5 Å².